The van der Waals surface area contributed by atoms with Crippen LogP contribution in [-0.2, 0) is 0 Å². The van der Waals surface area contributed by atoms with E-state index < -0.39 is 12.7 Å². The predicted octanol–water partition coefficient (Wildman–Crippen LogP) is 1.56. The topological polar surface area (TPSA) is 49.8 Å². The Morgan fingerprint density at radius 2 is 2.41 bits per heavy atom. The lowest BCUT2D eigenvalue weighted by Crippen LogP contribution is -2.29. The Bertz CT molecular complexity index is 410. The van der Waals surface area contributed by atoms with Crippen LogP contribution in [0.2, 0.25) is 0 Å². The van der Waals surface area contributed by atoms with Gasteiger partial charge in [-0.2, -0.15) is 8.78 Å². The molecule has 0 aliphatic carbocycles. The highest BCUT2D eigenvalue weighted by Crippen LogP contribution is 2.28. The molecule has 17 heavy (non-hydrogen) atoms. The molecule has 94 valence electrons. The Labute approximate surface area is 100 Å². The molecule has 1 saturated heterocycles. The molecule has 1 amide bonds. The molecule has 0 bridgehead atoms. The summed E-state index contributed by atoms with van der Waals surface area (Å²) in [5.41, 5.74) is 0. The van der Waals surface area contributed by atoms with Crippen molar-refractivity contribution >= 4 is 17.2 Å². The zero-order chi connectivity index (χ0) is 12.4. The third kappa shape index (κ3) is 2.73. The number of hydrogen-bond acceptors (Lipinski definition) is 4. The van der Waals surface area contributed by atoms with Crippen molar-refractivity contribution in [3.8, 4) is 5.75 Å². The van der Waals surface area contributed by atoms with E-state index in [0.717, 1.165) is 11.3 Å². The first-order valence-corrected chi connectivity index (χ1v) is 5.95. The summed E-state index contributed by atoms with van der Waals surface area (Å²) in [5, 5.41) is 10.8. The SMILES string of the molecule is O=C(c1sccc1OC(F)F)N1CC[C@@H](O)C1. The van der Waals surface area contributed by atoms with E-state index in [0.29, 0.717) is 13.0 Å². The summed E-state index contributed by atoms with van der Waals surface area (Å²) in [6.45, 7) is -2.27. The summed E-state index contributed by atoms with van der Waals surface area (Å²) in [6.07, 6.45) is -0.0133. The van der Waals surface area contributed by atoms with Crippen LogP contribution in [0.15, 0.2) is 11.4 Å². The van der Waals surface area contributed by atoms with E-state index in [1.54, 1.807) is 0 Å². The van der Waals surface area contributed by atoms with Gasteiger partial charge in [0.2, 0.25) is 0 Å². The van der Waals surface area contributed by atoms with Crippen molar-refractivity contribution in [2.75, 3.05) is 13.1 Å². The number of hydrogen-bond donors (Lipinski definition) is 1. The molecule has 2 rings (SSSR count). The number of aliphatic hydroxyl groups is 1. The number of carbonyl (C=O) groups is 1. The summed E-state index contributed by atoms with van der Waals surface area (Å²) in [5.74, 6) is -0.469. The molecule has 7 heteroatoms. The maximum absolute atomic E-state index is 12.1. The highest BCUT2D eigenvalue weighted by atomic mass is 32.1. The van der Waals surface area contributed by atoms with Gasteiger partial charge in [0.05, 0.1) is 6.10 Å². The normalized spacial score (nSPS) is 20.0. The van der Waals surface area contributed by atoms with Gasteiger partial charge in [0, 0.05) is 13.1 Å². The van der Waals surface area contributed by atoms with Gasteiger partial charge < -0.3 is 14.7 Å². The van der Waals surface area contributed by atoms with Gasteiger partial charge >= 0.3 is 6.61 Å². The van der Waals surface area contributed by atoms with Crippen molar-refractivity contribution in [1.82, 2.24) is 4.90 Å². The molecule has 1 atom stereocenters. The Balaban J connectivity index is 2.11. The third-order valence-corrected chi connectivity index (χ3v) is 3.37. The van der Waals surface area contributed by atoms with Gasteiger partial charge in [0.1, 0.15) is 10.6 Å². The summed E-state index contributed by atoms with van der Waals surface area (Å²) in [4.78, 5) is 13.5. The minimum atomic E-state index is -2.94. The lowest BCUT2D eigenvalue weighted by Gasteiger charge is -2.15. The number of alkyl halides is 2. The summed E-state index contributed by atoms with van der Waals surface area (Å²) >= 11 is 1.06. The smallest absolute Gasteiger partial charge is 0.387 e. The first-order chi connectivity index (χ1) is 8.08. The monoisotopic (exact) mass is 263 g/mol. The van der Waals surface area contributed by atoms with Gasteiger partial charge in [0.15, 0.2) is 0 Å². The van der Waals surface area contributed by atoms with E-state index in [-0.39, 0.29) is 23.1 Å². The molecule has 0 aromatic carbocycles. The number of halogens is 2. The van der Waals surface area contributed by atoms with Crippen LogP contribution in [0.5, 0.6) is 5.75 Å². The number of aliphatic hydroxyl groups excluding tert-OH is 1. The van der Waals surface area contributed by atoms with E-state index in [1.165, 1.54) is 16.3 Å². The minimum absolute atomic E-state index is 0.101. The standard InChI is InChI=1S/C10H11F2NO3S/c11-10(12)16-7-2-4-17-8(7)9(15)13-3-1-6(14)5-13/h2,4,6,10,14H,1,3,5H2/t6-/m1/s1. The molecule has 0 radical (unpaired) electrons. The van der Waals surface area contributed by atoms with Crippen LogP contribution in [-0.4, -0.2) is 41.7 Å². The molecule has 1 N–H and O–H groups in total. The molecule has 2 heterocycles. The number of likely N-dealkylation sites (tertiary alicyclic amines) is 1. The number of nitrogens with zero attached hydrogens (tertiary/aromatic N) is 1. The van der Waals surface area contributed by atoms with Crippen LogP contribution in [0, 0.1) is 0 Å². The first kappa shape index (κ1) is 12.3. The van der Waals surface area contributed by atoms with Gasteiger partial charge in [-0.1, -0.05) is 0 Å². The van der Waals surface area contributed by atoms with Gasteiger partial charge in [-0.3, -0.25) is 4.79 Å². The molecular formula is C10H11F2NO3S. The first-order valence-electron chi connectivity index (χ1n) is 5.07. The number of β-amino-alcohol motifs (C(OH)–C–C–N with tert-alkyl or cyclic N) is 1. The van der Waals surface area contributed by atoms with Crippen LogP contribution in [0.1, 0.15) is 16.1 Å². The second-order valence-corrected chi connectivity index (χ2v) is 4.60. The highest BCUT2D eigenvalue weighted by molar-refractivity contribution is 7.12. The number of carbonyl (C=O) groups excluding carboxylic acids is 1. The van der Waals surface area contributed by atoms with Crippen LogP contribution in [0.4, 0.5) is 8.78 Å². The zero-order valence-electron chi connectivity index (χ0n) is 8.81. The van der Waals surface area contributed by atoms with Crippen molar-refractivity contribution < 1.29 is 23.4 Å². The van der Waals surface area contributed by atoms with Crippen LogP contribution in [0.25, 0.3) is 0 Å². The van der Waals surface area contributed by atoms with Gasteiger partial charge in [0.25, 0.3) is 5.91 Å². The average molecular weight is 263 g/mol. The van der Waals surface area contributed by atoms with Crippen molar-refractivity contribution in [1.29, 1.82) is 0 Å². The fourth-order valence-electron chi connectivity index (χ4n) is 1.71. The highest BCUT2D eigenvalue weighted by Gasteiger charge is 2.28. The molecule has 0 saturated carbocycles. The Morgan fingerprint density at radius 3 is 3.00 bits per heavy atom. The number of thiophene rings is 1. The predicted molar refractivity (Wildman–Crippen MR) is 57.5 cm³/mol. The summed E-state index contributed by atoms with van der Waals surface area (Å²) in [7, 11) is 0. The lowest BCUT2D eigenvalue weighted by molar-refractivity contribution is -0.0499. The molecule has 0 unspecified atom stereocenters. The van der Waals surface area contributed by atoms with Gasteiger partial charge in [-0.05, 0) is 17.9 Å². The van der Waals surface area contributed by atoms with Crippen molar-refractivity contribution in [2.24, 2.45) is 0 Å². The number of amides is 1. The van der Waals surface area contributed by atoms with Gasteiger partial charge in [-0.25, -0.2) is 0 Å². The lowest BCUT2D eigenvalue weighted by atomic mass is 10.3. The Kier molecular flexibility index (Phi) is 3.58. The van der Waals surface area contributed by atoms with E-state index >= 15 is 0 Å². The Morgan fingerprint density at radius 1 is 1.65 bits per heavy atom. The molecule has 1 aromatic heterocycles. The number of ether oxygens (including phenoxy) is 1. The molecule has 1 aliphatic heterocycles. The maximum Gasteiger partial charge on any atom is 0.387 e. The maximum atomic E-state index is 12.1. The fraction of sp³-hybridized carbons (Fsp3) is 0.500. The zero-order valence-corrected chi connectivity index (χ0v) is 9.62. The van der Waals surface area contributed by atoms with E-state index in [2.05, 4.69) is 4.74 Å². The fourth-order valence-corrected chi connectivity index (χ4v) is 2.50. The molecular weight excluding hydrogens is 252 g/mol. The Hall–Kier alpha value is -1.21. The summed E-state index contributed by atoms with van der Waals surface area (Å²) in [6, 6.07) is 1.34. The van der Waals surface area contributed by atoms with Crippen LogP contribution in [0.3, 0.4) is 0 Å². The van der Waals surface area contributed by atoms with Crippen LogP contribution >= 0.6 is 11.3 Å². The van der Waals surface area contributed by atoms with E-state index in [4.69, 9.17) is 0 Å². The van der Waals surface area contributed by atoms with Gasteiger partial charge in [-0.15, -0.1) is 11.3 Å². The van der Waals surface area contributed by atoms with Crippen molar-refractivity contribution in [3.05, 3.63) is 16.3 Å². The molecule has 1 aromatic rings. The molecule has 4 nitrogen and oxygen atoms in total. The third-order valence-electron chi connectivity index (χ3n) is 2.49. The molecule has 1 fully saturated rings. The second kappa shape index (κ2) is 4.97. The van der Waals surface area contributed by atoms with Crippen molar-refractivity contribution in [3.63, 3.8) is 0 Å². The molecule has 0 spiro atoms. The largest absolute Gasteiger partial charge is 0.433 e. The minimum Gasteiger partial charge on any atom is -0.433 e. The van der Waals surface area contributed by atoms with E-state index in [1.807, 2.05) is 0 Å². The van der Waals surface area contributed by atoms with Crippen molar-refractivity contribution in [2.45, 2.75) is 19.1 Å². The second-order valence-electron chi connectivity index (χ2n) is 3.69. The molecule has 1 aliphatic rings. The quantitative estimate of drug-likeness (QED) is 0.900. The van der Waals surface area contributed by atoms with E-state index in [9.17, 15) is 18.7 Å². The summed E-state index contributed by atoms with van der Waals surface area (Å²) < 4.78 is 28.5. The van der Waals surface area contributed by atoms with Crippen LogP contribution < -0.4 is 4.74 Å². The average Bonchev–Trinajstić information content (AvgIpc) is 2.85. The number of rotatable bonds is 3.